The van der Waals surface area contributed by atoms with E-state index in [4.69, 9.17) is 11.6 Å². The lowest BCUT2D eigenvalue weighted by Crippen LogP contribution is -2.52. The summed E-state index contributed by atoms with van der Waals surface area (Å²) >= 11 is 4.43. The summed E-state index contributed by atoms with van der Waals surface area (Å²) in [6.07, 6.45) is -1.03. The highest BCUT2D eigenvalue weighted by Gasteiger charge is 2.49. The molecule has 2 unspecified atom stereocenters. The van der Waals surface area contributed by atoms with Crippen LogP contribution in [0.4, 0.5) is 8.78 Å². The largest absolute Gasteiger partial charge is 0.598 e. The van der Waals surface area contributed by atoms with Gasteiger partial charge in [0, 0.05) is 24.2 Å². The normalized spacial score (nSPS) is 22.8. The van der Waals surface area contributed by atoms with Gasteiger partial charge in [0.1, 0.15) is 15.9 Å². The molecule has 1 aliphatic carbocycles. The van der Waals surface area contributed by atoms with Crippen molar-refractivity contribution in [3.05, 3.63) is 29.0 Å². The van der Waals surface area contributed by atoms with Gasteiger partial charge in [-0.2, -0.15) is 0 Å². The first-order valence-electron chi connectivity index (χ1n) is 7.84. The summed E-state index contributed by atoms with van der Waals surface area (Å²) in [4.78, 5) is 4.19. The zero-order valence-electron chi connectivity index (χ0n) is 14.0. The van der Waals surface area contributed by atoms with Crippen LogP contribution < -0.4 is 4.72 Å². The van der Waals surface area contributed by atoms with Crippen LogP contribution in [0.5, 0.6) is 0 Å². The molecule has 0 aromatic carbocycles. The first-order valence-corrected chi connectivity index (χ1v) is 9.36. The third-order valence-electron chi connectivity index (χ3n) is 4.20. The number of nitrogens with one attached hydrogen (secondary N) is 1. The summed E-state index contributed by atoms with van der Waals surface area (Å²) in [7, 11) is 0. The van der Waals surface area contributed by atoms with E-state index < -0.39 is 46.5 Å². The van der Waals surface area contributed by atoms with Crippen molar-refractivity contribution in [1.82, 2.24) is 9.71 Å². The molecule has 0 saturated heterocycles. The fourth-order valence-electron chi connectivity index (χ4n) is 2.65. The van der Waals surface area contributed by atoms with E-state index in [0.29, 0.717) is 5.69 Å². The van der Waals surface area contributed by atoms with Crippen molar-refractivity contribution >= 4 is 23.0 Å². The SMILES string of the molecule is CC(C)(C)[S+]([O-])NC(c1cccc(Cl)n1)C1(O)CCC(F)(F)CC1. The predicted molar refractivity (Wildman–Crippen MR) is 91.4 cm³/mol. The third kappa shape index (κ3) is 4.79. The Balaban J connectivity index is 2.32. The minimum atomic E-state index is -2.78. The smallest absolute Gasteiger partial charge is 0.248 e. The van der Waals surface area contributed by atoms with Crippen LogP contribution in [0.25, 0.3) is 0 Å². The van der Waals surface area contributed by atoms with Crippen molar-refractivity contribution in [3.8, 4) is 0 Å². The van der Waals surface area contributed by atoms with Crippen LogP contribution in [0.3, 0.4) is 0 Å². The van der Waals surface area contributed by atoms with Gasteiger partial charge in [-0.1, -0.05) is 17.7 Å². The maximum atomic E-state index is 13.5. The number of pyridine rings is 1. The third-order valence-corrected chi connectivity index (χ3v) is 5.97. The molecule has 1 saturated carbocycles. The predicted octanol–water partition coefficient (Wildman–Crippen LogP) is 3.77. The highest BCUT2D eigenvalue weighted by Crippen LogP contribution is 2.44. The molecule has 2 atom stereocenters. The second-order valence-electron chi connectivity index (χ2n) is 7.28. The Labute approximate surface area is 149 Å². The van der Waals surface area contributed by atoms with Crippen molar-refractivity contribution in [3.63, 3.8) is 0 Å². The molecule has 1 aromatic heterocycles. The van der Waals surface area contributed by atoms with Gasteiger partial charge in [-0.25, -0.2) is 13.8 Å². The first kappa shape index (κ1) is 19.8. The molecule has 4 nitrogen and oxygen atoms in total. The van der Waals surface area contributed by atoms with Crippen molar-refractivity contribution in [1.29, 1.82) is 0 Å². The minimum absolute atomic E-state index is 0.104. The van der Waals surface area contributed by atoms with Crippen LogP contribution >= 0.6 is 11.6 Å². The zero-order valence-corrected chi connectivity index (χ0v) is 15.6. The number of hydrogen-bond donors (Lipinski definition) is 2. The van der Waals surface area contributed by atoms with Crippen LogP contribution in [0.1, 0.15) is 58.2 Å². The van der Waals surface area contributed by atoms with Gasteiger partial charge in [0.2, 0.25) is 5.92 Å². The number of halogens is 3. The second kappa shape index (κ2) is 7.03. The number of alkyl halides is 2. The molecule has 0 amide bonds. The molecular weight excluding hydrogens is 358 g/mol. The average Bonchev–Trinajstić information content (AvgIpc) is 2.47. The van der Waals surface area contributed by atoms with Crippen molar-refractivity contribution in [2.24, 2.45) is 0 Å². The van der Waals surface area contributed by atoms with Crippen molar-refractivity contribution < 1.29 is 18.4 Å². The van der Waals surface area contributed by atoms with Gasteiger partial charge in [-0.15, -0.1) is 4.72 Å². The Morgan fingerprint density at radius 2 is 1.88 bits per heavy atom. The van der Waals surface area contributed by atoms with Gasteiger partial charge in [0.25, 0.3) is 0 Å². The van der Waals surface area contributed by atoms with Gasteiger partial charge in [0.15, 0.2) is 0 Å². The molecule has 24 heavy (non-hydrogen) atoms. The van der Waals surface area contributed by atoms with E-state index in [1.54, 1.807) is 39.0 Å². The lowest BCUT2D eigenvalue weighted by atomic mass is 9.77. The van der Waals surface area contributed by atoms with Crippen LogP contribution in [0, 0.1) is 0 Å². The molecule has 1 fully saturated rings. The van der Waals surface area contributed by atoms with Crippen molar-refractivity contribution in [2.75, 3.05) is 0 Å². The average molecular weight is 381 g/mol. The highest BCUT2D eigenvalue weighted by atomic mass is 35.5. The highest BCUT2D eigenvalue weighted by molar-refractivity contribution is 7.90. The summed E-state index contributed by atoms with van der Waals surface area (Å²) in [5.41, 5.74) is -1.06. The topological polar surface area (TPSA) is 68.2 Å². The van der Waals surface area contributed by atoms with E-state index in [-0.39, 0.29) is 18.0 Å². The molecular formula is C16H23ClF2N2O2S. The molecule has 1 aliphatic rings. The Hall–Kier alpha value is -0.470. The van der Waals surface area contributed by atoms with E-state index in [1.807, 2.05) is 0 Å². The Morgan fingerprint density at radius 3 is 2.38 bits per heavy atom. The summed E-state index contributed by atoms with van der Waals surface area (Å²) in [6.45, 7) is 5.37. The Kier molecular flexibility index (Phi) is 5.82. The fraction of sp³-hybridized carbons (Fsp3) is 0.688. The van der Waals surface area contributed by atoms with Gasteiger partial charge in [-0.3, -0.25) is 0 Å². The maximum absolute atomic E-state index is 13.5. The molecule has 8 heteroatoms. The van der Waals surface area contributed by atoms with Crippen LogP contribution in [-0.4, -0.2) is 30.9 Å². The fourth-order valence-corrected chi connectivity index (χ4v) is 3.73. The van der Waals surface area contributed by atoms with Gasteiger partial charge >= 0.3 is 0 Å². The Bertz CT molecular complexity index is 573. The molecule has 1 heterocycles. The van der Waals surface area contributed by atoms with Gasteiger partial charge in [-0.05, 0) is 45.7 Å². The standard InChI is InChI=1S/C16H23ClF2N2O2S/c1-14(2,3)24(23)21-13(11-5-4-6-12(17)20-11)15(22)7-9-16(18,19)10-8-15/h4-6,13,21-22H,7-10H2,1-3H3. The van der Waals surface area contributed by atoms with E-state index in [1.165, 1.54) is 0 Å². The number of aliphatic hydroxyl groups is 1. The first-order chi connectivity index (χ1) is 10.9. The molecule has 1 aromatic rings. The molecule has 2 N–H and O–H groups in total. The van der Waals surface area contributed by atoms with Gasteiger partial charge < -0.3 is 9.66 Å². The molecule has 0 aliphatic heterocycles. The van der Waals surface area contributed by atoms with E-state index in [2.05, 4.69) is 9.71 Å². The summed E-state index contributed by atoms with van der Waals surface area (Å²) < 4.78 is 41.8. The number of nitrogens with zero attached hydrogens (tertiary/aromatic N) is 1. The molecule has 2 rings (SSSR count). The quantitative estimate of drug-likeness (QED) is 0.616. The number of hydrogen-bond acceptors (Lipinski definition) is 4. The monoisotopic (exact) mass is 380 g/mol. The number of aromatic nitrogens is 1. The summed E-state index contributed by atoms with van der Waals surface area (Å²) in [5, 5.41) is 11.2. The molecule has 136 valence electrons. The lowest BCUT2D eigenvalue weighted by molar-refractivity contribution is -0.115. The minimum Gasteiger partial charge on any atom is -0.598 e. The van der Waals surface area contributed by atoms with Gasteiger partial charge in [0.05, 0.1) is 11.3 Å². The molecule has 0 radical (unpaired) electrons. The van der Waals surface area contributed by atoms with Crippen LogP contribution in [-0.2, 0) is 11.4 Å². The summed E-state index contributed by atoms with van der Waals surface area (Å²) in [6, 6.07) is 4.06. The summed E-state index contributed by atoms with van der Waals surface area (Å²) in [5.74, 6) is -2.78. The van der Waals surface area contributed by atoms with E-state index in [9.17, 15) is 18.4 Å². The van der Waals surface area contributed by atoms with E-state index in [0.717, 1.165) is 0 Å². The number of rotatable bonds is 4. The lowest BCUT2D eigenvalue weighted by Gasteiger charge is -2.42. The van der Waals surface area contributed by atoms with E-state index >= 15 is 0 Å². The maximum Gasteiger partial charge on any atom is 0.248 e. The Morgan fingerprint density at radius 1 is 1.29 bits per heavy atom. The molecule has 0 spiro atoms. The zero-order chi connectivity index (χ0) is 18.2. The van der Waals surface area contributed by atoms with Crippen LogP contribution in [0.15, 0.2) is 18.2 Å². The molecule has 0 bridgehead atoms. The van der Waals surface area contributed by atoms with Crippen molar-refractivity contribution in [2.45, 2.75) is 68.8 Å². The van der Waals surface area contributed by atoms with Crippen LogP contribution in [0.2, 0.25) is 5.15 Å². The second-order valence-corrected chi connectivity index (χ2v) is 9.66.